The molecule has 0 bridgehead atoms. The third-order valence-corrected chi connectivity index (χ3v) is 5.01. The van der Waals surface area contributed by atoms with Crippen molar-refractivity contribution in [3.63, 3.8) is 0 Å². The third kappa shape index (κ3) is 3.44. The second-order valence-electron chi connectivity index (χ2n) is 6.79. The molecule has 0 saturated heterocycles. The van der Waals surface area contributed by atoms with E-state index in [9.17, 15) is 4.79 Å². The number of H-pyrrole nitrogens is 2. The van der Waals surface area contributed by atoms with Crippen LogP contribution in [-0.4, -0.2) is 26.1 Å². The molecule has 3 aromatic carbocycles. The molecule has 6 nitrogen and oxygen atoms in total. The van der Waals surface area contributed by atoms with E-state index >= 15 is 0 Å². The first-order valence-electron chi connectivity index (χ1n) is 9.34. The summed E-state index contributed by atoms with van der Waals surface area (Å²) in [5.74, 6) is 0.921. The highest BCUT2D eigenvalue weighted by molar-refractivity contribution is 6.31. The van der Waals surface area contributed by atoms with Crippen molar-refractivity contribution in [2.75, 3.05) is 5.32 Å². The Morgan fingerprint density at radius 3 is 2.60 bits per heavy atom. The Hall–Kier alpha value is -3.90. The monoisotopic (exact) mass is 413 g/mol. The van der Waals surface area contributed by atoms with Crippen LogP contribution in [0.4, 0.5) is 5.69 Å². The number of hydrogen-bond acceptors (Lipinski definition) is 3. The molecule has 1 amide bonds. The van der Waals surface area contributed by atoms with Gasteiger partial charge in [-0.3, -0.25) is 9.89 Å². The Bertz CT molecular complexity index is 1360. The van der Waals surface area contributed by atoms with Gasteiger partial charge in [-0.25, -0.2) is 4.98 Å². The molecule has 7 heteroatoms. The van der Waals surface area contributed by atoms with E-state index in [1.54, 1.807) is 12.1 Å². The van der Waals surface area contributed by atoms with E-state index < -0.39 is 0 Å². The molecule has 0 aliphatic heterocycles. The molecular weight excluding hydrogens is 398 g/mol. The summed E-state index contributed by atoms with van der Waals surface area (Å²) >= 11 is 6.04. The zero-order valence-corrected chi connectivity index (χ0v) is 16.4. The van der Waals surface area contributed by atoms with Crippen molar-refractivity contribution in [1.82, 2.24) is 20.2 Å². The molecular formula is C23H16ClN5O. The van der Waals surface area contributed by atoms with Crippen molar-refractivity contribution in [2.45, 2.75) is 0 Å². The van der Waals surface area contributed by atoms with Crippen LogP contribution in [0, 0.1) is 0 Å². The van der Waals surface area contributed by atoms with Crippen molar-refractivity contribution in [3.8, 4) is 22.8 Å². The minimum atomic E-state index is -0.252. The number of halogens is 1. The van der Waals surface area contributed by atoms with Crippen LogP contribution >= 0.6 is 11.6 Å². The quantitative estimate of drug-likeness (QED) is 0.362. The van der Waals surface area contributed by atoms with Crippen LogP contribution in [0.3, 0.4) is 0 Å². The summed E-state index contributed by atoms with van der Waals surface area (Å²) < 4.78 is 0. The molecule has 5 rings (SSSR count). The Kier molecular flexibility index (Phi) is 4.53. The van der Waals surface area contributed by atoms with Gasteiger partial charge in [-0.2, -0.15) is 5.10 Å². The highest BCUT2D eigenvalue weighted by atomic mass is 35.5. The van der Waals surface area contributed by atoms with Gasteiger partial charge in [-0.15, -0.1) is 0 Å². The minimum Gasteiger partial charge on any atom is -0.351 e. The Balaban J connectivity index is 1.45. The van der Waals surface area contributed by atoms with Crippen LogP contribution in [-0.2, 0) is 0 Å². The number of nitrogens with zero attached hydrogens (tertiary/aromatic N) is 2. The molecule has 2 heterocycles. The molecule has 3 N–H and O–H groups in total. The molecule has 0 unspecified atom stereocenters. The van der Waals surface area contributed by atoms with Gasteiger partial charge in [0, 0.05) is 27.1 Å². The van der Waals surface area contributed by atoms with E-state index in [1.807, 2.05) is 66.7 Å². The van der Waals surface area contributed by atoms with Crippen LogP contribution < -0.4 is 5.32 Å². The second kappa shape index (κ2) is 7.50. The fraction of sp³-hybridized carbons (Fsp3) is 0. The number of fused-ring (bicyclic) bond motifs is 1. The first-order valence-corrected chi connectivity index (χ1v) is 9.72. The molecule has 30 heavy (non-hydrogen) atoms. The van der Waals surface area contributed by atoms with Gasteiger partial charge in [-0.1, -0.05) is 54.1 Å². The maximum Gasteiger partial charge on any atom is 0.272 e. The van der Waals surface area contributed by atoms with Gasteiger partial charge in [0.1, 0.15) is 5.69 Å². The number of aromatic nitrogens is 4. The van der Waals surface area contributed by atoms with Crippen LogP contribution in [0.15, 0.2) is 78.9 Å². The maximum atomic E-state index is 12.9. The molecule has 0 radical (unpaired) electrons. The molecule has 0 spiro atoms. The van der Waals surface area contributed by atoms with Crippen molar-refractivity contribution >= 4 is 34.1 Å². The summed E-state index contributed by atoms with van der Waals surface area (Å²) in [5, 5.41) is 11.7. The second-order valence-corrected chi connectivity index (χ2v) is 7.22. The van der Waals surface area contributed by atoms with Crippen molar-refractivity contribution in [3.05, 3.63) is 89.6 Å². The standard InChI is InChI=1S/C23H16ClN5O/c24-16-10-11-18-15(12-16)13-20(25-18)23(30)26-19-9-5-4-8-17(19)22-27-21(28-29-22)14-6-2-1-3-7-14/h1-13,25H,(H,26,30)(H,27,28,29). The lowest BCUT2D eigenvalue weighted by Gasteiger charge is -2.08. The van der Waals surface area contributed by atoms with E-state index in [-0.39, 0.29) is 5.91 Å². The number of aromatic amines is 2. The summed E-state index contributed by atoms with van der Waals surface area (Å²) in [4.78, 5) is 20.6. The lowest BCUT2D eigenvalue weighted by molar-refractivity contribution is 0.102. The van der Waals surface area contributed by atoms with Gasteiger partial charge in [0.2, 0.25) is 0 Å². The first kappa shape index (κ1) is 18.1. The van der Waals surface area contributed by atoms with E-state index in [0.717, 1.165) is 22.0 Å². The lowest BCUT2D eigenvalue weighted by Crippen LogP contribution is -2.13. The number of amides is 1. The van der Waals surface area contributed by atoms with Gasteiger partial charge >= 0.3 is 0 Å². The first-order chi connectivity index (χ1) is 14.7. The zero-order chi connectivity index (χ0) is 20.5. The molecule has 0 fully saturated rings. The molecule has 0 aliphatic rings. The fourth-order valence-corrected chi connectivity index (χ4v) is 3.49. The van der Waals surface area contributed by atoms with Crippen LogP contribution in [0.2, 0.25) is 5.02 Å². The zero-order valence-electron chi connectivity index (χ0n) is 15.7. The number of rotatable bonds is 4. The van der Waals surface area contributed by atoms with Gasteiger partial charge < -0.3 is 10.3 Å². The maximum absolute atomic E-state index is 12.9. The smallest absolute Gasteiger partial charge is 0.272 e. The van der Waals surface area contributed by atoms with Crippen LogP contribution in [0.5, 0.6) is 0 Å². The topological polar surface area (TPSA) is 86.5 Å². The van der Waals surface area contributed by atoms with Crippen LogP contribution in [0.1, 0.15) is 10.5 Å². The van der Waals surface area contributed by atoms with E-state index in [0.29, 0.717) is 28.1 Å². The Morgan fingerprint density at radius 1 is 0.933 bits per heavy atom. The number of hydrogen-bond donors (Lipinski definition) is 3. The average Bonchev–Trinajstić information content (AvgIpc) is 3.42. The number of anilines is 1. The van der Waals surface area contributed by atoms with Crippen LogP contribution in [0.25, 0.3) is 33.7 Å². The highest BCUT2D eigenvalue weighted by Gasteiger charge is 2.15. The van der Waals surface area contributed by atoms with Gasteiger partial charge in [0.25, 0.3) is 5.91 Å². The van der Waals surface area contributed by atoms with Gasteiger partial charge in [0.15, 0.2) is 11.6 Å². The fourth-order valence-electron chi connectivity index (χ4n) is 3.31. The lowest BCUT2D eigenvalue weighted by atomic mass is 10.1. The normalized spacial score (nSPS) is 11.0. The van der Waals surface area contributed by atoms with Gasteiger partial charge in [0.05, 0.1) is 5.69 Å². The third-order valence-electron chi connectivity index (χ3n) is 4.78. The van der Waals surface area contributed by atoms with E-state index in [4.69, 9.17) is 11.6 Å². The number of benzene rings is 3. The minimum absolute atomic E-state index is 0.252. The van der Waals surface area contributed by atoms with Crippen molar-refractivity contribution in [2.24, 2.45) is 0 Å². The van der Waals surface area contributed by atoms with E-state index in [1.165, 1.54) is 0 Å². The number of carbonyl (C=O) groups is 1. The summed E-state index contributed by atoms with van der Waals surface area (Å²) in [6.45, 7) is 0. The number of carbonyl (C=O) groups excluding carboxylic acids is 1. The molecule has 2 aromatic heterocycles. The predicted octanol–water partition coefficient (Wildman–Crippen LogP) is 5.53. The Labute approximate surface area is 176 Å². The number of para-hydroxylation sites is 1. The SMILES string of the molecule is O=C(Nc1ccccc1-c1nc(-c2ccccc2)n[nH]1)c1cc2cc(Cl)ccc2[nH]1. The molecule has 0 atom stereocenters. The van der Waals surface area contributed by atoms with Gasteiger partial charge in [-0.05, 0) is 36.4 Å². The largest absolute Gasteiger partial charge is 0.351 e. The molecule has 0 aliphatic carbocycles. The summed E-state index contributed by atoms with van der Waals surface area (Å²) in [5.41, 5.74) is 3.60. The molecule has 5 aromatic rings. The predicted molar refractivity (Wildman–Crippen MR) is 119 cm³/mol. The average molecular weight is 414 g/mol. The van der Waals surface area contributed by atoms with E-state index in [2.05, 4.69) is 25.5 Å². The number of nitrogens with one attached hydrogen (secondary N) is 3. The van der Waals surface area contributed by atoms with Crippen molar-refractivity contribution < 1.29 is 4.79 Å². The summed E-state index contributed by atoms with van der Waals surface area (Å²) in [6.07, 6.45) is 0. The van der Waals surface area contributed by atoms with Crippen molar-refractivity contribution in [1.29, 1.82) is 0 Å². The molecule has 0 saturated carbocycles. The Morgan fingerprint density at radius 2 is 1.73 bits per heavy atom. The molecule has 146 valence electrons. The summed E-state index contributed by atoms with van der Waals surface area (Å²) in [6, 6.07) is 24.4. The highest BCUT2D eigenvalue weighted by Crippen LogP contribution is 2.27. The summed E-state index contributed by atoms with van der Waals surface area (Å²) in [7, 11) is 0.